The lowest BCUT2D eigenvalue weighted by Crippen LogP contribution is -2.54. The van der Waals surface area contributed by atoms with Crippen molar-refractivity contribution in [3.8, 4) is 11.8 Å². The molecule has 10 heteroatoms. The van der Waals surface area contributed by atoms with Crippen molar-refractivity contribution in [2.45, 2.75) is 24.8 Å². The SMILES string of the molecule is COc1cc(Cl)c(C)cc1NC(=O)[C@@H](C)N1CCN(S(=O)(=O)c2ccccc2C#N)CC1. The number of rotatable bonds is 6. The van der Waals surface area contributed by atoms with Gasteiger partial charge >= 0.3 is 0 Å². The predicted molar refractivity (Wildman–Crippen MR) is 122 cm³/mol. The van der Waals surface area contributed by atoms with Crippen LogP contribution in [0.2, 0.25) is 5.02 Å². The fraction of sp³-hybridized carbons (Fsp3) is 0.364. The second kappa shape index (κ2) is 9.88. The summed E-state index contributed by atoms with van der Waals surface area (Å²) in [6.45, 7) is 4.84. The Labute approximate surface area is 193 Å². The molecule has 1 heterocycles. The molecule has 0 radical (unpaired) electrons. The maximum absolute atomic E-state index is 13.0. The Bertz CT molecular complexity index is 1160. The van der Waals surface area contributed by atoms with E-state index in [-0.39, 0.29) is 29.5 Å². The van der Waals surface area contributed by atoms with E-state index in [2.05, 4.69) is 5.32 Å². The van der Waals surface area contributed by atoms with Crippen LogP contribution in [0.5, 0.6) is 5.75 Å². The van der Waals surface area contributed by atoms with Crippen molar-refractivity contribution < 1.29 is 17.9 Å². The molecule has 170 valence electrons. The quantitative estimate of drug-likeness (QED) is 0.687. The van der Waals surface area contributed by atoms with Crippen LogP contribution in [-0.2, 0) is 14.8 Å². The van der Waals surface area contributed by atoms with Gasteiger partial charge in [0.25, 0.3) is 0 Å². The van der Waals surface area contributed by atoms with E-state index in [1.807, 2.05) is 17.9 Å². The first kappa shape index (κ1) is 24.0. The lowest BCUT2D eigenvalue weighted by atomic mass is 10.1. The van der Waals surface area contributed by atoms with Gasteiger partial charge in [-0.05, 0) is 37.6 Å². The Hall–Kier alpha value is -2.64. The maximum atomic E-state index is 13.0. The third-order valence-corrected chi connectivity index (χ3v) is 7.93. The molecular formula is C22H25ClN4O4S. The molecule has 1 saturated heterocycles. The minimum Gasteiger partial charge on any atom is -0.495 e. The molecule has 1 atom stereocenters. The van der Waals surface area contributed by atoms with Crippen molar-refractivity contribution in [1.29, 1.82) is 5.26 Å². The van der Waals surface area contributed by atoms with E-state index in [0.29, 0.717) is 29.5 Å². The first-order valence-corrected chi connectivity index (χ1v) is 11.9. The van der Waals surface area contributed by atoms with Crippen LogP contribution >= 0.6 is 11.6 Å². The number of hydrogen-bond acceptors (Lipinski definition) is 6. The van der Waals surface area contributed by atoms with E-state index in [1.165, 1.54) is 23.5 Å². The first-order chi connectivity index (χ1) is 15.2. The predicted octanol–water partition coefficient (Wildman–Crippen LogP) is 2.86. The van der Waals surface area contributed by atoms with E-state index in [9.17, 15) is 18.5 Å². The fourth-order valence-electron chi connectivity index (χ4n) is 3.59. The van der Waals surface area contributed by atoms with Crippen LogP contribution in [0.25, 0.3) is 0 Å². The smallest absolute Gasteiger partial charge is 0.244 e. The number of nitrogens with zero attached hydrogens (tertiary/aromatic N) is 3. The van der Waals surface area contributed by atoms with Gasteiger partial charge in [0.15, 0.2) is 0 Å². The first-order valence-electron chi connectivity index (χ1n) is 10.1. The van der Waals surface area contributed by atoms with Crippen molar-refractivity contribution in [2.24, 2.45) is 0 Å². The number of carbonyl (C=O) groups is 1. The average molecular weight is 477 g/mol. The molecule has 0 saturated carbocycles. The zero-order valence-electron chi connectivity index (χ0n) is 18.1. The number of carbonyl (C=O) groups excluding carboxylic acids is 1. The molecule has 0 spiro atoms. The number of piperazine rings is 1. The summed E-state index contributed by atoms with van der Waals surface area (Å²) in [5.74, 6) is 0.240. The monoisotopic (exact) mass is 476 g/mol. The lowest BCUT2D eigenvalue weighted by Gasteiger charge is -2.36. The third kappa shape index (κ3) is 4.89. The normalized spacial score (nSPS) is 16.2. The lowest BCUT2D eigenvalue weighted by molar-refractivity contribution is -0.121. The second-order valence-corrected chi connectivity index (χ2v) is 9.83. The summed E-state index contributed by atoms with van der Waals surface area (Å²) >= 11 is 6.13. The molecule has 0 aromatic heterocycles. The Balaban J connectivity index is 1.67. The van der Waals surface area contributed by atoms with Gasteiger partial charge in [-0.15, -0.1) is 0 Å². The second-order valence-electron chi connectivity index (χ2n) is 7.51. The minimum absolute atomic E-state index is 0.00643. The van der Waals surface area contributed by atoms with Gasteiger partial charge in [-0.25, -0.2) is 8.42 Å². The summed E-state index contributed by atoms with van der Waals surface area (Å²) in [4.78, 5) is 14.8. The molecule has 1 fully saturated rings. The highest BCUT2D eigenvalue weighted by Crippen LogP contribution is 2.31. The minimum atomic E-state index is -3.79. The van der Waals surface area contributed by atoms with Crippen LogP contribution in [0.15, 0.2) is 41.3 Å². The van der Waals surface area contributed by atoms with E-state index < -0.39 is 16.1 Å². The highest BCUT2D eigenvalue weighted by Gasteiger charge is 2.33. The summed E-state index contributed by atoms with van der Waals surface area (Å²) in [5.41, 5.74) is 1.46. The van der Waals surface area contributed by atoms with E-state index in [1.54, 1.807) is 31.2 Å². The number of halogens is 1. The van der Waals surface area contributed by atoms with Crippen molar-refractivity contribution in [2.75, 3.05) is 38.6 Å². The van der Waals surface area contributed by atoms with Crippen LogP contribution < -0.4 is 10.1 Å². The van der Waals surface area contributed by atoms with Gasteiger partial charge in [0, 0.05) is 37.3 Å². The number of anilines is 1. The summed E-state index contributed by atoms with van der Waals surface area (Å²) in [6, 6.07) is 11.0. The van der Waals surface area contributed by atoms with Crippen molar-refractivity contribution in [3.05, 3.63) is 52.5 Å². The Morgan fingerprint density at radius 1 is 1.22 bits per heavy atom. The number of ether oxygens (including phenoxy) is 1. The Morgan fingerprint density at radius 2 is 1.88 bits per heavy atom. The van der Waals surface area contributed by atoms with Gasteiger partial charge in [-0.2, -0.15) is 9.57 Å². The van der Waals surface area contributed by atoms with E-state index >= 15 is 0 Å². The molecular weight excluding hydrogens is 452 g/mol. The molecule has 8 nitrogen and oxygen atoms in total. The van der Waals surface area contributed by atoms with Gasteiger partial charge in [0.05, 0.1) is 29.3 Å². The van der Waals surface area contributed by atoms with Crippen LogP contribution in [-0.4, -0.2) is 62.9 Å². The van der Waals surface area contributed by atoms with Crippen LogP contribution in [0, 0.1) is 18.3 Å². The highest BCUT2D eigenvalue weighted by atomic mass is 35.5. The third-order valence-electron chi connectivity index (χ3n) is 5.56. The zero-order valence-corrected chi connectivity index (χ0v) is 19.7. The van der Waals surface area contributed by atoms with E-state index in [4.69, 9.17) is 16.3 Å². The van der Waals surface area contributed by atoms with Crippen molar-refractivity contribution >= 4 is 33.2 Å². The highest BCUT2D eigenvalue weighted by molar-refractivity contribution is 7.89. The number of amides is 1. The van der Waals surface area contributed by atoms with Crippen LogP contribution in [0.4, 0.5) is 5.69 Å². The van der Waals surface area contributed by atoms with Gasteiger partial charge < -0.3 is 10.1 Å². The number of nitriles is 1. The van der Waals surface area contributed by atoms with Crippen molar-refractivity contribution in [3.63, 3.8) is 0 Å². The van der Waals surface area contributed by atoms with Gasteiger partial charge in [0.2, 0.25) is 15.9 Å². The fourth-order valence-corrected chi connectivity index (χ4v) is 5.31. The average Bonchev–Trinajstić information content (AvgIpc) is 2.80. The molecule has 3 rings (SSSR count). The van der Waals surface area contributed by atoms with Crippen molar-refractivity contribution in [1.82, 2.24) is 9.21 Å². The summed E-state index contributed by atoms with van der Waals surface area (Å²) < 4.78 is 32.7. The standard InChI is InChI=1S/C22H25ClN4O4S/c1-15-12-19(20(31-3)13-18(15)23)25-22(28)16(2)26-8-10-27(11-9-26)32(29,30)21-7-5-4-6-17(21)14-24/h4-7,12-13,16H,8-11H2,1-3H3,(H,25,28)/t16-/m1/s1. The molecule has 1 N–H and O–H groups in total. The summed E-state index contributed by atoms with van der Waals surface area (Å²) in [5, 5.41) is 12.7. The largest absolute Gasteiger partial charge is 0.495 e. The van der Waals surface area contributed by atoms with Gasteiger partial charge in [0.1, 0.15) is 11.8 Å². The number of nitrogens with one attached hydrogen (secondary N) is 1. The molecule has 1 amide bonds. The number of hydrogen-bond donors (Lipinski definition) is 1. The molecule has 0 aliphatic carbocycles. The molecule has 32 heavy (non-hydrogen) atoms. The van der Waals surface area contributed by atoms with E-state index in [0.717, 1.165) is 5.56 Å². The Kier molecular flexibility index (Phi) is 7.41. The summed E-state index contributed by atoms with van der Waals surface area (Å²) in [7, 11) is -2.28. The van der Waals surface area contributed by atoms with Gasteiger partial charge in [-0.3, -0.25) is 9.69 Å². The number of benzene rings is 2. The molecule has 2 aromatic rings. The Morgan fingerprint density at radius 3 is 2.50 bits per heavy atom. The zero-order chi connectivity index (χ0) is 23.5. The van der Waals surface area contributed by atoms with Crippen LogP contribution in [0.1, 0.15) is 18.1 Å². The number of aryl methyl sites for hydroxylation is 1. The molecule has 1 aliphatic rings. The molecule has 0 unspecified atom stereocenters. The van der Waals surface area contributed by atoms with Crippen LogP contribution in [0.3, 0.4) is 0 Å². The number of sulfonamides is 1. The van der Waals surface area contributed by atoms with Gasteiger partial charge in [-0.1, -0.05) is 23.7 Å². The topological polar surface area (TPSA) is 103 Å². The maximum Gasteiger partial charge on any atom is 0.244 e. The summed E-state index contributed by atoms with van der Waals surface area (Å²) in [6.07, 6.45) is 0. The molecule has 1 aliphatic heterocycles. The molecule has 0 bridgehead atoms. The number of methoxy groups -OCH3 is 1. The molecule has 2 aromatic carbocycles.